The number of halogens is 1. The van der Waals surface area contributed by atoms with Crippen molar-refractivity contribution in [1.29, 1.82) is 0 Å². The number of rotatable bonds is 6. The van der Waals surface area contributed by atoms with Gasteiger partial charge in [0.2, 0.25) is 11.9 Å². The van der Waals surface area contributed by atoms with Gasteiger partial charge in [-0.05, 0) is 25.3 Å². The van der Waals surface area contributed by atoms with Gasteiger partial charge in [-0.3, -0.25) is 4.79 Å². The molecule has 150 valence electrons. The first kappa shape index (κ1) is 19.8. The van der Waals surface area contributed by atoms with Gasteiger partial charge in [0, 0.05) is 46.9 Å². The predicted molar refractivity (Wildman–Crippen MR) is 103 cm³/mol. The summed E-state index contributed by atoms with van der Waals surface area (Å²) in [6, 6.07) is 1.71. The van der Waals surface area contributed by atoms with Crippen LogP contribution in [-0.2, 0) is 9.53 Å². The number of nitrogens with zero attached hydrogens (tertiary/aromatic N) is 5. The Morgan fingerprint density at radius 3 is 2.89 bits per heavy atom. The molecule has 7 nitrogen and oxygen atoms in total. The van der Waals surface area contributed by atoms with Gasteiger partial charge in [-0.25, -0.2) is 9.37 Å². The molecule has 0 spiro atoms. The average molecular weight is 379 g/mol. The van der Waals surface area contributed by atoms with Crippen LogP contribution in [0.2, 0.25) is 0 Å². The van der Waals surface area contributed by atoms with Gasteiger partial charge in [-0.15, -0.1) is 0 Å². The maximum absolute atomic E-state index is 14.2. The lowest BCUT2D eigenvalue weighted by Crippen LogP contribution is -2.42. The van der Waals surface area contributed by atoms with Crippen LogP contribution in [0.15, 0.2) is 12.3 Å². The van der Waals surface area contributed by atoms with Crippen molar-refractivity contribution in [2.24, 2.45) is 0 Å². The van der Waals surface area contributed by atoms with Gasteiger partial charge >= 0.3 is 0 Å². The topological polar surface area (TPSA) is 61.8 Å². The van der Waals surface area contributed by atoms with Crippen LogP contribution in [0.1, 0.15) is 32.1 Å². The van der Waals surface area contributed by atoms with Crippen LogP contribution in [0.5, 0.6) is 0 Å². The van der Waals surface area contributed by atoms with E-state index >= 15 is 0 Å². The van der Waals surface area contributed by atoms with Crippen molar-refractivity contribution in [2.75, 3.05) is 50.6 Å². The molecule has 0 aromatic carbocycles. The number of carbonyl (C=O) groups is 1. The molecule has 2 fully saturated rings. The minimum absolute atomic E-state index is 0.0202. The number of hydrogen-bond donors (Lipinski definition) is 0. The number of carbonyl (C=O) groups excluding carboxylic acids is 1. The highest BCUT2D eigenvalue weighted by molar-refractivity contribution is 5.76. The van der Waals surface area contributed by atoms with Crippen molar-refractivity contribution in [3.63, 3.8) is 0 Å². The lowest BCUT2D eigenvalue weighted by Gasteiger charge is -2.30. The molecule has 1 amide bonds. The van der Waals surface area contributed by atoms with Gasteiger partial charge in [0.05, 0.1) is 25.1 Å². The SMILES string of the molecule is CN(C[C@@H]1C[C@H](F)CN1c1ccnc(N(C)C)n1)C(=O)C[C@H]1CCCCO1. The van der Waals surface area contributed by atoms with E-state index in [-0.39, 0.29) is 18.1 Å². The van der Waals surface area contributed by atoms with E-state index in [0.717, 1.165) is 25.9 Å². The second kappa shape index (κ2) is 8.82. The van der Waals surface area contributed by atoms with Crippen LogP contribution >= 0.6 is 0 Å². The molecule has 3 rings (SSSR count). The fraction of sp³-hybridized carbons (Fsp3) is 0.737. The normalized spacial score (nSPS) is 25.5. The largest absolute Gasteiger partial charge is 0.378 e. The third-order valence-electron chi connectivity index (χ3n) is 5.27. The van der Waals surface area contributed by atoms with Crippen LogP contribution in [-0.4, -0.2) is 79.9 Å². The Kier molecular flexibility index (Phi) is 6.46. The van der Waals surface area contributed by atoms with Crippen LogP contribution in [0.3, 0.4) is 0 Å². The number of alkyl halides is 1. The highest BCUT2D eigenvalue weighted by atomic mass is 19.1. The number of ether oxygens (including phenoxy) is 1. The molecule has 0 radical (unpaired) electrons. The Hall–Kier alpha value is -1.96. The maximum atomic E-state index is 14.2. The standard InChI is InChI=1S/C19H30FN5O2/c1-23(2)19-21-8-7-17(22-19)25-12-14(20)10-15(25)13-24(3)18(26)11-16-6-4-5-9-27-16/h7-8,14-16H,4-6,9-13H2,1-3H3/t14-,15-,16+/m0/s1. The highest BCUT2D eigenvalue weighted by Crippen LogP contribution is 2.27. The molecule has 2 saturated heterocycles. The van der Waals surface area contributed by atoms with Gasteiger partial charge in [-0.1, -0.05) is 0 Å². The van der Waals surface area contributed by atoms with E-state index in [9.17, 15) is 9.18 Å². The van der Waals surface area contributed by atoms with Crippen LogP contribution in [0, 0.1) is 0 Å². The van der Waals surface area contributed by atoms with E-state index < -0.39 is 6.17 Å². The van der Waals surface area contributed by atoms with Crippen molar-refractivity contribution in [2.45, 2.75) is 50.4 Å². The first-order chi connectivity index (χ1) is 12.9. The first-order valence-electron chi connectivity index (χ1n) is 9.70. The van der Waals surface area contributed by atoms with Crippen molar-refractivity contribution in [3.05, 3.63) is 12.3 Å². The van der Waals surface area contributed by atoms with Gasteiger partial charge in [-0.2, -0.15) is 4.98 Å². The fourth-order valence-corrected chi connectivity index (χ4v) is 3.76. The number of likely N-dealkylation sites (N-methyl/N-ethyl adjacent to an activating group) is 1. The third-order valence-corrected chi connectivity index (χ3v) is 5.27. The minimum atomic E-state index is -0.919. The number of hydrogen-bond acceptors (Lipinski definition) is 6. The third kappa shape index (κ3) is 5.06. The monoisotopic (exact) mass is 379 g/mol. The smallest absolute Gasteiger partial charge is 0.226 e. The van der Waals surface area contributed by atoms with E-state index in [0.29, 0.717) is 37.7 Å². The van der Waals surface area contributed by atoms with E-state index in [1.54, 1.807) is 24.2 Å². The molecule has 0 aliphatic carbocycles. The van der Waals surface area contributed by atoms with Crippen LogP contribution in [0.4, 0.5) is 16.2 Å². The number of anilines is 2. The van der Waals surface area contributed by atoms with Crippen molar-refractivity contribution in [3.8, 4) is 0 Å². The summed E-state index contributed by atoms with van der Waals surface area (Å²) in [5, 5.41) is 0. The lowest BCUT2D eigenvalue weighted by molar-refractivity contribution is -0.134. The van der Waals surface area contributed by atoms with Gasteiger partial charge in [0.1, 0.15) is 12.0 Å². The summed E-state index contributed by atoms with van der Waals surface area (Å²) in [6.45, 7) is 1.51. The molecule has 2 aliphatic heterocycles. The predicted octanol–water partition coefficient (Wildman–Crippen LogP) is 1.88. The Labute approximate surface area is 160 Å². The molecule has 8 heteroatoms. The van der Waals surface area contributed by atoms with E-state index in [2.05, 4.69) is 9.97 Å². The summed E-state index contributed by atoms with van der Waals surface area (Å²) in [5.74, 6) is 1.35. The molecule has 0 unspecified atom stereocenters. The first-order valence-corrected chi connectivity index (χ1v) is 9.70. The van der Waals surface area contributed by atoms with Crippen molar-refractivity contribution < 1.29 is 13.9 Å². The van der Waals surface area contributed by atoms with Crippen molar-refractivity contribution >= 4 is 17.7 Å². The second-order valence-corrected chi connectivity index (χ2v) is 7.72. The number of amides is 1. The van der Waals surface area contributed by atoms with Gasteiger partial charge < -0.3 is 19.4 Å². The molecular weight excluding hydrogens is 349 g/mol. The zero-order valence-electron chi connectivity index (χ0n) is 16.5. The zero-order chi connectivity index (χ0) is 19.4. The summed E-state index contributed by atoms with van der Waals surface area (Å²) in [7, 11) is 5.54. The Balaban J connectivity index is 1.63. The van der Waals surface area contributed by atoms with E-state index in [1.807, 2.05) is 23.9 Å². The molecule has 0 N–H and O–H groups in total. The molecule has 3 heterocycles. The molecule has 1 aromatic rings. The molecular formula is C19H30FN5O2. The Morgan fingerprint density at radius 2 is 2.19 bits per heavy atom. The summed E-state index contributed by atoms with van der Waals surface area (Å²) >= 11 is 0. The Morgan fingerprint density at radius 1 is 1.37 bits per heavy atom. The second-order valence-electron chi connectivity index (χ2n) is 7.72. The lowest BCUT2D eigenvalue weighted by atomic mass is 10.1. The van der Waals surface area contributed by atoms with Gasteiger partial charge in [0.15, 0.2) is 0 Å². The zero-order valence-corrected chi connectivity index (χ0v) is 16.5. The van der Waals surface area contributed by atoms with Crippen LogP contribution < -0.4 is 9.80 Å². The van der Waals surface area contributed by atoms with Crippen molar-refractivity contribution in [1.82, 2.24) is 14.9 Å². The summed E-state index contributed by atoms with van der Waals surface area (Å²) in [6.07, 6.45) is 4.72. The summed E-state index contributed by atoms with van der Waals surface area (Å²) in [5.41, 5.74) is 0. The molecule has 3 atom stereocenters. The Bertz CT molecular complexity index is 638. The fourth-order valence-electron chi connectivity index (χ4n) is 3.76. The van der Waals surface area contributed by atoms with Gasteiger partial charge in [0.25, 0.3) is 0 Å². The molecule has 2 aliphatic rings. The maximum Gasteiger partial charge on any atom is 0.226 e. The minimum Gasteiger partial charge on any atom is -0.378 e. The summed E-state index contributed by atoms with van der Waals surface area (Å²) in [4.78, 5) is 26.8. The highest BCUT2D eigenvalue weighted by Gasteiger charge is 2.35. The molecule has 27 heavy (non-hydrogen) atoms. The molecule has 0 bridgehead atoms. The summed E-state index contributed by atoms with van der Waals surface area (Å²) < 4.78 is 19.8. The quantitative estimate of drug-likeness (QED) is 0.752. The van der Waals surface area contributed by atoms with Crippen LogP contribution in [0.25, 0.3) is 0 Å². The van der Waals surface area contributed by atoms with E-state index in [4.69, 9.17) is 4.74 Å². The average Bonchev–Trinajstić information content (AvgIpc) is 3.02. The van der Waals surface area contributed by atoms with E-state index in [1.165, 1.54) is 0 Å². The molecule has 1 aromatic heterocycles. The molecule has 0 saturated carbocycles. The number of aromatic nitrogens is 2.